The Bertz CT molecular complexity index is 252. The lowest BCUT2D eigenvalue weighted by Crippen LogP contribution is -2.47. The number of carbonyl (C=O) groups excluding carboxylic acids is 1. The number of likely N-dealkylation sites (tertiary alicyclic amines) is 2. The largest absolute Gasteiger partial charge is 0.338 e. The third-order valence-corrected chi connectivity index (χ3v) is 3.94. The zero-order chi connectivity index (χ0) is 11.0. The maximum absolute atomic E-state index is 11.5. The molecule has 0 radical (unpaired) electrons. The van der Waals surface area contributed by atoms with Crippen LogP contribution in [0.3, 0.4) is 0 Å². The van der Waals surface area contributed by atoms with Crippen molar-refractivity contribution < 1.29 is 4.79 Å². The highest BCUT2D eigenvalue weighted by Crippen LogP contribution is 2.31. The molecule has 2 aliphatic heterocycles. The number of amides is 1. The van der Waals surface area contributed by atoms with E-state index in [2.05, 4.69) is 23.6 Å². The number of piperidine rings is 1. The van der Waals surface area contributed by atoms with Crippen LogP contribution >= 0.6 is 0 Å². The van der Waals surface area contributed by atoms with Gasteiger partial charge in [-0.25, -0.2) is 0 Å². The fraction of sp³-hybridized carbons (Fsp3) is 0.917. The van der Waals surface area contributed by atoms with E-state index in [1.54, 1.807) is 6.92 Å². The summed E-state index contributed by atoms with van der Waals surface area (Å²) in [4.78, 5) is 16.1. The Kier molecular flexibility index (Phi) is 3.01. The number of nitrogens with zero attached hydrogens (tertiary/aromatic N) is 2. The summed E-state index contributed by atoms with van der Waals surface area (Å²) in [7, 11) is 0. The second kappa shape index (κ2) is 4.12. The Balaban J connectivity index is 2.07. The molecule has 2 aliphatic rings. The van der Waals surface area contributed by atoms with Gasteiger partial charge in [-0.2, -0.15) is 0 Å². The van der Waals surface area contributed by atoms with E-state index >= 15 is 0 Å². The van der Waals surface area contributed by atoms with Crippen LogP contribution in [0.25, 0.3) is 0 Å². The zero-order valence-electron chi connectivity index (χ0n) is 10.1. The van der Waals surface area contributed by atoms with Crippen molar-refractivity contribution in [1.82, 2.24) is 9.80 Å². The fourth-order valence-electron chi connectivity index (χ4n) is 3.03. The summed E-state index contributed by atoms with van der Waals surface area (Å²) in [5.74, 6) is 0.986. The highest BCUT2D eigenvalue weighted by atomic mass is 16.2. The number of carbonyl (C=O) groups is 1. The van der Waals surface area contributed by atoms with Crippen molar-refractivity contribution in [3.05, 3.63) is 0 Å². The molecule has 0 saturated carbocycles. The normalized spacial score (nSPS) is 32.1. The van der Waals surface area contributed by atoms with E-state index < -0.39 is 0 Å². The Morgan fingerprint density at radius 3 is 2.67 bits per heavy atom. The minimum absolute atomic E-state index is 0.260. The number of fused-ring (bicyclic) bond motifs is 1. The van der Waals surface area contributed by atoms with Crippen molar-refractivity contribution in [2.45, 2.75) is 45.7 Å². The van der Waals surface area contributed by atoms with Crippen molar-refractivity contribution in [2.24, 2.45) is 5.92 Å². The van der Waals surface area contributed by atoms with Gasteiger partial charge in [0.25, 0.3) is 0 Å². The van der Waals surface area contributed by atoms with Crippen molar-refractivity contribution in [3.63, 3.8) is 0 Å². The van der Waals surface area contributed by atoms with Gasteiger partial charge in [-0.15, -0.1) is 0 Å². The Morgan fingerprint density at radius 2 is 2.07 bits per heavy atom. The third kappa shape index (κ3) is 2.03. The molecular weight excluding hydrogens is 188 g/mol. The molecule has 0 N–H and O–H groups in total. The first-order valence-electron chi connectivity index (χ1n) is 6.11. The van der Waals surface area contributed by atoms with Crippen LogP contribution in [0.4, 0.5) is 0 Å². The highest BCUT2D eigenvalue weighted by Gasteiger charge is 2.40. The molecule has 0 bridgehead atoms. The van der Waals surface area contributed by atoms with Gasteiger partial charge in [-0.1, -0.05) is 0 Å². The molecule has 0 aromatic carbocycles. The smallest absolute Gasteiger partial charge is 0.219 e. The molecule has 1 amide bonds. The first-order chi connectivity index (χ1) is 7.09. The average Bonchev–Trinajstić information content (AvgIpc) is 2.60. The lowest BCUT2D eigenvalue weighted by Gasteiger charge is -2.36. The molecule has 2 fully saturated rings. The number of rotatable bonds is 1. The van der Waals surface area contributed by atoms with Gasteiger partial charge in [0.15, 0.2) is 0 Å². The molecule has 2 atom stereocenters. The standard InChI is InChI=1S/C12H22N2O/c1-9(2)13-7-11-5-4-6-14(10(3)15)12(11)8-13/h9,11-12H,4-8H2,1-3H3. The fourth-order valence-corrected chi connectivity index (χ4v) is 3.03. The summed E-state index contributed by atoms with van der Waals surface area (Å²) < 4.78 is 0. The molecule has 2 saturated heterocycles. The molecule has 2 heterocycles. The SMILES string of the molecule is CC(=O)N1CCCC2CN(C(C)C)CC21. The van der Waals surface area contributed by atoms with E-state index in [9.17, 15) is 4.79 Å². The van der Waals surface area contributed by atoms with Crippen LogP contribution in [0.1, 0.15) is 33.6 Å². The van der Waals surface area contributed by atoms with Gasteiger partial charge >= 0.3 is 0 Å². The van der Waals surface area contributed by atoms with E-state index in [-0.39, 0.29) is 5.91 Å². The molecule has 3 heteroatoms. The van der Waals surface area contributed by atoms with Crippen molar-refractivity contribution in [2.75, 3.05) is 19.6 Å². The monoisotopic (exact) mass is 210 g/mol. The maximum Gasteiger partial charge on any atom is 0.219 e. The van der Waals surface area contributed by atoms with Gasteiger partial charge in [0.2, 0.25) is 5.91 Å². The van der Waals surface area contributed by atoms with Gasteiger partial charge in [-0.3, -0.25) is 9.69 Å². The van der Waals surface area contributed by atoms with Crippen LogP contribution in [-0.2, 0) is 4.79 Å². The van der Waals surface area contributed by atoms with Gasteiger partial charge < -0.3 is 4.90 Å². The molecule has 86 valence electrons. The molecule has 0 aromatic rings. The summed E-state index contributed by atoms with van der Waals surface area (Å²) in [5.41, 5.74) is 0. The quantitative estimate of drug-likeness (QED) is 0.652. The van der Waals surface area contributed by atoms with E-state index in [0.717, 1.165) is 19.0 Å². The van der Waals surface area contributed by atoms with Crippen molar-refractivity contribution in [1.29, 1.82) is 0 Å². The van der Waals surface area contributed by atoms with E-state index in [1.807, 2.05) is 0 Å². The van der Waals surface area contributed by atoms with Gasteiger partial charge in [-0.05, 0) is 32.6 Å². The first-order valence-corrected chi connectivity index (χ1v) is 6.11. The van der Waals surface area contributed by atoms with E-state index in [0.29, 0.717) is 12.1 Å². The molecule has 0 aliphatic carbocycles. The Labute approximate surface area is 92.4 Å². The van der Waals surface area contributed by atoms with E-state index in [1.165, 1.54) is 19.4 Å². The van der Waals surface area contributed by atoms with Crippen molar-refractivity contribution in [3.8, 4) is 0 Å². The second-order valence-corrected chi connectivity index (χ2v) is 5.23. The number of hydrogen-bond acceptors (Lipinski definition) is 2. The number of hydrogen-bond donors (Lipinski definition) is 0. The van der Waals surface area contributed by atoms with Crippen LogP contribution in [0.15, 0.2) is 0 Å². The van der Waals surface area contributed by atoms with E-state index in [4.69, 9.17) is 0 Å². The molecule has 2 rings (SSSR count). The van der Waals surface area contributed by atoms with Crippen LogP contribution in [0.5, 0.6) is 0 Å². The van der Waals surface area contributed by atoms with Crippen LogP contribution in [0.2, 0.25) is 0 Å². The minimum atomic E-state index is 0.260. The predicted octanol–water partition coefficient (Wildman–Crippen LogP) is 1.34. The minimum Gasteiger partial charge on any atom is -0.338 e. The van der Waals surface area contributed by atoms with Gasteiger partial charge in [0.05, 0.1) is 0 Å². The average molecular weight is 210 g/mol. The summed E-state index contributed by atoms with van der Waals surface area (Å²) in [6.07, 6.45) is 2.49. The topological polar surface area (TPSA) is 23.6 Å². The first kappa shape index (κ1) is 10.9. The Hall–Kier alpha value is -0.570. The summed E-state index contributed by atoms with van der Waals surface area (Å²) in [6.45, 7) is 9.45. The molecule has 0 aromatic heterocycles. The van der Waals surface area contributed by atoms with Gasteiger partial charge in [0, 0.05) is 38.6 Å². The van der Waals surface area contributed by atoms with Gasteiger partial charge in [0.1, 0.15) is 0 Å². The van der Waals surface area contributed by atoms with Crippen LogP contribution < -0.4 is 0 Å². The molecule has 3 nitrogen and oxygen atoms in total. The summed E-state index contributed by atoms with van der Waals surface area (Å²) >= 11 is 0. The lowest BCUT2D eigenvalue weighted by atomic mass is 9.92. The molecule has 2 unspecified atom stereocenters. The highest BCUT2D eigenvalue weighted by molar-refractivity contribution is 5.73. The maximum atomic E-state index is 11.5. The molecule has 15 heavy (non-hydrogen) atoms. The Morgan fingerprint density at radius 1 is 1.33 bits per heavy atom. The predicted molar refractivity (Wildman–Crippen MR) is 60.6 cm³/mol. The summed E-state index contributed by atoms with van der Waals surface area (Å²) in [5, 5.41) is 0. The van der Waals surface area contributed by atoms with Crippen molar-refractivity contribution >= 4 is 5.91 Å². The zero-order valence-corrected chi connectivity index (χ0v) is 10.1. The molecule has 0 spiro atoms. The summed E-state index contributed by atoms with van der Waals surface area (Å²) in [6, 6.07) is 1.11. The molecular formula is C12H22N2O. The lowest BCUT2D eigenvalue weighted by molar-refractivity contribution is -0.133. The third-order valence-electron chi connectivity index (χ3n) is 3.94. The van der Waals surface area contributed by atoms with Crippen LogP contribution in [0, 0.1) is 5.92 Å². The van der Waals surface area contributed by atoms with Crippen LogP contribution in [-0.4, -0.2) is 47.4 Å². The second-order valence-electron chi connectivity index (χ2n) is 5.23.